The lowest BCUT2D eigenvalue weighted by Crippen LogP contribution is -2.31. The Morgan fingerprint density at radius 2 is 1.80 bits per heavy atom. The first-order chi connectivity index (χ1) is 12.0. The second kappa shape index (κ2) is 6.76. The summed E-state index contributed by atoms with van der Waals surface area (Å²) in [6.07, 6.45) is 0. The van der Waals surface area contributed by atoms with Gasteiger partial charge >= 0.3 is 5.97 Å². The lowest BCUT2D eigenvalue weighted by molar-refractivity contribution is -0.139. The Bertz CT molecular complexity index is 830. The number of anilines is 1. The molecule has 128 valence electrons. The summed E-state index contributed by atoms with van der Waals surface area (Å²) < 4.78 is 18.3. The first kappa shape index (κ1) is 16.7. The molecule has 1 N–H and O–H groups in total. The van der Waals surface area contributed by atoms with Gasteiger partial charge in [0.2, 0.25) is 0 Å². The quantitative estimate of drug-likeness (QED) is 0.867. The number of para-hydroxylation sites is 1. The van der Waals surface area contributed by atoms with Crippen LogP contribution in [0.4, 0.5) is 10.1 Å². The fourth-order valence-electron chi connectivity index (χ4n) is 2.84. The molecule has 1 amide bonds. The third kappa shape index (κ3) is 2.98. The molecule has 0 unspecified atom stereocenters. The van der Waals surface area contributed by atoms with Gasteiger partial charge in [-0.05, 0) is 36.8 Å². The molecule has 3 rings (SSSR count). The van der Waals surface area contributed by atoms with Crippen molar-refractivity contribution in [2.45, 2.75) is 13.0 Å². The molecule has 6 heteroatoms. The van der Waals surface area contributed by atoms with Crippen LogP contribution in [0.15, 0.2) is 65.9 Å². The molecule has 0 aromatic heterocycles. The van der Waals surface area contributed by atoms with E-state index in [1.54, 1.807) is 37.3 Å². The van der Waals surface area contributed by atoms with Crippen molar-refractivity contribution in [1.29, 1.82) is 0 Å². The van der Waals surface area contributed by atoms with Gasteiger partial charge in [-0.1, -0.05) is 30.3 Å². The van der Waals surface area contributed by atoms with Crippen LogP contribution in [0.1, 0.15) is 18.5 Å². The van der Waals surface area contributed by atoms with Gasteiger partial charge in [0.15, 0.2) is 5.76 Å². The standard InChI is InChI=1S/C19H16FNO4/c1-2-25-19(24)15-16(12-8-10-13(20)11-9-12)21(18(23)17(15)22)14-6-4-3-5-7-14/h3-11,16,22H,2H2,1H3/t16-/m0/s1. The number of ether oxygens (including phenoxy) is 1. The van der Waals surface area contributed by atoms with E-state index in [0.29, 0.717) is 11.3 Å². The molecular formula is C19H16FNO4. The Labute approximate surface area is 144 Å². The molecular weight excluding hydrogens is 325 g/mol. The summed E-state index contributed by atoms with van der Waals surface area (Å²) >= 11 is 0. The number of aliphatic hydroxyl groups excluding tert-OH is 1. The van der Waals surface area contributed by atoms with Crippen LogP contribution >= 0.6 is 0 Å². The maximum atomic E-state index is 13.3. The Morgan fingerprint density at radius 1 is 1.16 bits per heavy atom. The van der Waals surface area contributed by atoms with Crippen molar-refractivity contribution in [1.82, 2.24) is 0 Å². The van der Waals surface area contributed by atoms with Crippen molar-refractivity contribution >= 4 is 17.6 Å². The number of nitrogens with zero attached hydrogens (tertiary/aromatic N) is 1. The zero-order valence-electron chi connectivity index (χ0n) is 13.5. The average molecular weight is 341 g/mol. The minimum Gasteiger partial charge on any atom is -0.503 e. The second-order valence-corrected chi connectivity index (χ2v) is 5.45. The van der Waals surface area contributed by atoms with Crippen LogP contribution in [0.2, 0.25) is 0 Å². The zero-order chi connectivity index (χ0) is 18.0. The average Bonchev–Trinajstić information content (AvgIpc) is 2.88. The number of esters is 1. The van der Waals surface area contributed by atoms with Gasteiger partial charge in [-0.2, -0.15) is 0 Å². The third-order valence-corrected chi connectivity index (χ3v) is 3.92. The topological polar surface area (TPSA) is 66.8 Å². The van der Waals surface area contributed by atoms with Crippen molar-refractivity contribution in [3.05, 3.63) is 77.3 Å². The summed E-state index contributed by atoms with van der Waals surface area (Å²) in [6.45, 7) is 1.74. The molecule has 0 spiro atoms. The van der Waals surface area contributed by atoms with Gasteiger partial charge < -0.3 is 9.84 Å². The molecule has 1 heterocycles. The zero-order valence-corrected chi connectivity index (χ0v) is 13.5. The minimum absolute atomic E-state index is 0.102. The highest BCUT2D eigenvalue weighted by atomic mass is 19.1. The van der Waals surface area contributed by atoms with Crippen LogP contribution in [0.3, 0.4) is 0 Å². The van der Waals surface area contributed by atoms with Gasteiger partial charge in [0, 0.05) is 5.69 Å². The molecule has 0 saturated heterocycles. The van der Waals surface area contributed by atoms with E-state index in [9.17, 15) is 19.1 Å². The maximum absolute atomic E-state index is 13.3. The molecule has 0 saturated carbocycles. The SMILES string of the molecule is CCOC(=O)C1=C(O)C(=O)N(c2ccccc2)[C@H]1c1ccc(F)cc1. The van der Waals surface area contributed by atoms with Gasteiger partial charge in [0.1, 0.15) is 11.4 Å². The predicted molar refractivity (Wildman–Crippen MR) is 89.4 cm³/mol. The Kier molecular flexibility index (Phi) is 4.52. The highest BCUT2D eigenvalue weighted by molar-refractivity contribution is 6.15. The largest absolute Gasteiger partial charge is 0.503 e. The molecule has 1 aliphatic heterocycles. The molecule has 0 radical (unpaired) electrons. The Morgan fingerprint density at radius 3 is 2.40 bits per heavy atom. The Balaban J connectivity index is 2.14. The van der Waals surface area contributed by atoms with E-state index in [2.05, 4.69) is 0 Å². The molecule has 25 heavy (non-hydrogen) atoms. The number of amides is 1. The van der Waals surface area contributed by atoms with Crippen molar-refractivity contribution in [3.8, 4) is 0 Å². The summed E-state index contributed by atoms with van der Waals surface area (Å²) in [5.41, 5.74) is 0.848. The highest BCUT2D eigenvalue weighted by Gasteiger charge is 2.45. The van der Waals surface area contributed by atoms with Gasteiger partial charge in [0.25, 0.3) is 5.91 Å². The van der Waals surface area contributed by atoms with Gasteiger partial charge in [-0.25, -0.2) is 9.18 Å². The number of carbonyl (C=O) groups is 2. The second-order valence-electron chi connectivity index (χ2n) is 5.45. The summed E-state index contributed by atoms with van der Waals surface area (Å²) in [4.78, 5) is 26.2. The summed E-state index contributed by atoms with van der Waals surface area (Å²) in [5, 5.41) is 10.3. The first-order valence-corrected chi connectivity index (χ1v) is 7.79. The van der Waals surface area contributed by atoms with Crippen LogP contribution in [-0.4, -0.2) is 23.6 Å². The molecule has 1 atom stereocenters. The first-order valence-electron chi connectivity index (χ1n) is 7.79. The van der Waals surface area contributed by atoms with Crippen molar-refractivity contribution < 1.29 is 23.8 Å². The fraction of sp³-hybridized carbons (Fsp3) is 0.158. The van der Waals surface area contributed by atoms with E-state index >= 15 is 0 Å². The lowest BCUT2D eigenvalue weighted by Gasteiger charge is -2.26. The number of hydrogen-bond donors (Lipinski definition) is 1. The molecule has 2 aromatic rings. The fourth-order valence-corrected chi connectivity index (χ4v) is 2.84. The Hall–Kier alpha value is -3.15. The van der Waals surface area contributed by atoms with Crippen LogP contribution in [0.5, 0.6) is 0 Å². The van der Waals surface area contributed by atoms with Gasteiger partial charge in [-0.3, -0.25) is 9.69 Å². The van der Waals surface area contributed by atoms with E-state index < -0.39 is 29.5 Å². The molecule has 0 bridgehead atoms. The smallest absolute Gasteiger partial charge is 0.340 e. The number of rotatable bonds is 4. The van der Waals surface area contributed by atoms with E-state index in [4.69, 9.17) is 4.74 Å². The monoisotopic (exact) mass is 341 g/mol. The number of aliphatic hydroxyl groups is 1. The number of benzene rings is 2. The maximum Gasteiger partial charge on any atom is 0.340 e. The van der Waals surface area contributed by atoms with Crippen LogP contribution in [0.25, 0.3) is 0 Å². The lowest BCUT2D eigenvalue weighted by atomic mass is 9.99. The van der Waals surface area contributed by atoms with Crippen LogP contribution in [0, 0.1) is 5.82 Å². The number of hydrogen-bond acceptors (Lipinski definition) is 4. The molecule has 2 aromatic carbocycles. The van der Waals surface area contributed by atoms with Crippen molar-refractivity contribution in [3.63, 3.8) is 0 Å². The predicted octanol–water partition coefficient (Wildman–Crippen LogP) is 3.29. The van der Waals surface area contributed by atoms with Crippen molar-refractivity contribution in [2.24, 2.45) is 0 Å². The normalized spacial score (nSPS) is 17.1. The number of carbonyl (C=O) groups excluding carboxylic acids is 2. The summed E-state index contributed by atoms with van der Waals surface area (Å²) in [6, 6.07) is 13.2. The summed E-state index contributed by atoms with van der Waals surface area (Å²) in [7, 11) is 0. The van der Waals surface area contributed by atoms with Gasteiger partial charge in [-0.15, -0.1) is 0 Å². The molecule has 5 nitrogen and oxygen atoms in total. The highest BCUT2D eigenvalue weighted by Crippen LogP contribution is 2.40. The van der Waals surface area contributed by atoms with E-state index in [-0.39, 0.29) is 12.2 Å². The van der Waals surface area contributed by atoms with Crippen molar-refractivity contribution in [2.75, 3.05) is 11.5 Å². The van der Waals surface area contributed by atoms with Gasteiger partial charge in [0.05, 0.1) is 12.6 Å². The van der Waals surface area contributed by atoms with E-state index in [1.807, 2.05) is 0 Å². The molecule has 0 fully saturated rings. The number of halogens is 1. The van der Waals surface area contributed by atoms with E-state index in [1.165, 1.54) is 29.2 Å². The molecule has 0 aliphatic carbocycles. The van der Waals surface area contributed by atoms with Crippen LogP contribution < -0.4 is 4.90 Å². The minimum atomic E-state index is -0.894. The summed E-state index contributed by atoms with van der Waals surface area (Å²) in [5.74, 6) is -2.58. The van der Waals surface area contributed by atoms with Crippen LogP contribution in [-0.2, 0) is 14.3 Å². The molecule has 1 aliphatic rings. The third-order valence-electron chi connectivity index (χ3n) is 3.92. The van der Waals surface area contributed by atoms with E-state index in [0.717, 1.165) is 0 Å².